The summed E-state index contributed by atoms with van der Waals surface area (Å²) < 4.78 is 0. The molecule has 0 aliphatic heterocycles. The first-order valence-electron chi connectivity index (χ1n) is 13.3. The zero-order chi connectivity index (χ0) is 23.0. The topological polar surface area (TPSA) is 0 Å². The summed E-state index contributed by atoms with van der Waals surface area (Å²) in [5.74, 6) is 0. The maximum atomic E-state index is 2.47. The van der Waals surface area contributed by atoms with E-state index in [0.717, 1.165) is 0 Å². The third-order valence-corrected chi connectivity index (χ3v) is 9.18. The molecule has 0 aromatic heterocycles. The molecule has 0 fully saturated rings. The van der Waals surface area contributed by atoms with E-state index in [0.29, 0.717) is 0 Å². The van der Waals surface area contributed by atoms with Gasteiger partial charge in [0.05, 0.1) is 0 Å². The van der Waals surface area contributed by atoms with Gasteiger partial charge < -0.3 is 24.8 Å². The second-order valence-electron chi connectivity index (χ2n) is 9.29. The summed E-state index contributed by atoms with van der Waals surface area (Å²) in [6, 6.07) is 20.4. The van der Waals surface area contributed by atoms with E-state index in [1.165, 1.54) is 105 Å². The summed E-state index contributed by atoms with van der Waals surface area (Å²) in [6.45, 7) is 9.03. The van der Waals surface area contributed by atoms with E-state index >= 15 is 0 Å². The molecular formula is C31H47Cl2PTi. The predicted molar refractivity (Wildman–Crippen MR) is 149 cm³/mol. The number of benzene rings is 1. The fraction of sp³-hybridized carbons (Fsp3) is 0.548. The van der Waals surface area contributed by atoms with Gasteiger partial charge in [0, 0.05) is 0 Å². The molecule has 0 radical (unpaired) electrons. The van der Waals surface area contributed by atoms with Crippen LogP contribution in [0.3, 0.4) is 0 Å². The minimum absolute atomic E-state index is 0. The molecule has 0 amide bonds. The Kier molecular flexibility index (Phi) is 24.4. The summed E-state index contributed by atoms with van der Waals surface area (Å²) >= 11 is 0. The van der Waals surface area contributed by atoms with E-state index in [2.05, 4.69) is 82.3 Å². The second kappa shape index (κ2) is 23.1. The Hall–Kier alpha value is -0.0957. The van der Waals surface area contributed by atoms with Gasteiger partial charge in [-0.15, -0.1) is 40.3 Å². The zero-order valence-corrected chi connectivity index (χ0v) is 26.6. The summed E-state index contributed by atoms with van der Waals surface area (Å²) in [6.07, 6.45) is 18.0. The molecule has 0 aliphatic rings. The quantitative estimate of drug-likeness (QED) is 0.120. The molecule has 35 heavy (non-hydrogen) atoms. The van der Waals surface area contributed by atoms with Crippen LogP contribution in [-0.4, -0.2) is 12.3 Å². The van der Waals surface area contributed by atoms with Crippen LogP contribution in [0.1, 0.15) is 96.1 Å². The Morgan fingerprint density at radius 3 is 1.86 bits per heavy atom. The van der Waals surface area contributed by atoms with Crippen molar-refractivity contribution in [1.29, 1.82) is 0 Å². The van der Waals surface area contributed by atoms with Gasteiger partial charge in [0.2, 0.25) is 0 Å². The molecule has 0 saturated carbocycles. The van der Waals surface area contributed by atoms with Crippen molar-refractivity contribution in [3.05, 3.63) is 65.7 Å². The molecule has 0 aliphatic carbocycles. The van der Waals surface area contributed by atoms with E-state index in [9.17, 15) is 0 Å². The third-order valence-electron chi connectivity index (χ3n) is 6.48. The van der Waals surface area contributed by atoms with Crippen LogP contribution < -0.4 is 30.1 Å². The van der Waals surface area contributed by atoms with Gasteiger partial charge in [-0.3, -0.25) is 0 Å². The van der Waals surface area contributed by atoms with Gasteiger partial charge in [-0.05, 0) is 25.2 Å². The van der Waals surface area contributed by atoms with Gasteiger partial charge in [0.15, 0.2) is 0 Å². The second-order valence-corrected chi connectivity index (χ2v) is 11.8. The molecule has 3 rings (SSSR count). The predicted octanol–water partition coefficient (Wildman–Crippen LogP) is 3.89. The average molecular weight is 569 g/mol. The van der Waals surface area contributed by atoms with Gasteiger partial charge in [-0.1, -0.05) is 99.5 Å². The fourth-order valence-electron chi connectivity index (χ4n) is 4.34. The van der Waals surface area contributed by atoms with Crippen molar-refractivity contribution in [1.82, 2.24) is 0 Å². The van der Waals surface area contributed by atoms with Gasteiger partial charge >= 0.3 is 21.7 Å². The van der Waals surface area contributed by atoms with Crippen molar-refractivity contribution >= 4 is 24.0 Å². The molecule has 0 N–H and O–H groups in total. The Morgan fingerprint density at radius 1 is 0.743 bits per heavy atom. The SMILES string of the molecule is CCCCCCP(CCCCCC)c1cc2ccccc2[cH-]1.CCCC[c-]1cccc1C.[Cl-].[Cl-].[Ti+4]. The van der Waals surface area contributed by atoms with Crippen molar-refractivity contribution < 1.29 is 46.5 Å². The normalized spacial score (nSPS) is 10.2. The number of aryl methyl sites for hydroxylation is 2. The van der Waals surface area contributed by atoms with Crippen LogP contribution in [0.25, 0.3) is 10.8 Å². The number of hydrogen-bond donors (Lipinski definition) is 0. The van der Waals surface area contributed by atoms with Crippen LogP contribution in [-0.2, 0) is 28.1 Å². The first kappa shape index (κ1) is 37.1. The van der Waals surface area contributed by atoms with Crippen molar-refractivity contribution in [3.63, 3.8) is 0 Å². The molecule has 0 saturated heterocycles. The standard InChI is InChI=1S/C21H32P.C10H15.2ClH.Ti/c1-3-5-7-11-15-22(16-12-8-6-4-2)21-17-19-13-9-10-14-20(19)18-21;1-3-4-7-10-8-5-6-9(10)2;;;/h9-10,13-14,17-18H,3-8,11-12,15-16H2,1-2H3;5-6,8H,3-4,7H2,1-2H3;2*1H;/q2*-1;;;+4/p-2. The molecule has 0 bridgehead atoms. The largest absolute Gasteiger partial charge is 4.00 e. The van der Waals surface area contributed by atoms with Crippen LogP contribution in [0.4, 0.5) is 0 Å². The first-order valence-corrected chi connectivity index (χ1v) is 15.0. The Morgan fingerprint density at radius 2 is 1.34 bits per heavy atom. The molecule has 194 valence electrons. The van der Waals surface area contributed by atoms with Crippen LogP contribution in [0, 0.1) is 6.92 Å². The van der Waals surface area contributed by atoms with E-state index in [1.807, 2.05) is 0 Å². The summed E-state index contributed by atoms with van der Waals surface area (Å²) in [7, 11) is 0.0642. The Labute approximate surface area is 245 Å². The number of hydrogen-bond acceptors (Lipinski definition) is 0. The average Bonchev–Trinajstić information content (AvgIpc) is 3.42. The molecule has 3 aromatic carbocycles. The van der Waals surface area contributed by atoms with Crippen LogP contribution in [0.5, 0.6) is 0 Å². The Bertz CT molecular complexity index is 809. The van der Waals surface area contributed by atoms with Crippen molar-refractivity contribution in [2.75, 3.05) is 12.3 Å². The maximum Gasteiger partial charge on any atom is 4.00 e. The number of unbranched alkanes of at least 4 members (excludes halogenated alkanes) is 7. The van der Waals surface area contributed by atoms with Gasteiger partial charge in [-0.25, -0.2) is 12.1 Å². The maximum absolute atomic E-state index is 2.47. The smallest absolute Gasteiger partial charge is 1.00 e. The van der Waals surface area contributed by atoms with Crippen molar-refractivity contribution in [2.24, 2.45) is 0 Å². The number of fused-ring (bicyclic) bond motifs is 1. The Balaban J connectivity index is 0. The monoisotopic (exact) mass is 568 g/mol. The van der Waals surface area contributed by atoms with Crippen LogP contribution in [0.2, 0.25) is 0 Å². The third kappa shape index (κ3) is 14.4. The van der Waals surface area contributed by atoms with Crippen LogP contribution in [0.15, 0.2) is 54.6 Å². The minimum atomic E-state index is 0. The van der Waals surface area contributed by atoms with Gasteiger partial charge in [-0.2, -0.15) is 23.3 Å². The molecule has 3 aromatic rings. The summed E-state index contributed by atoms with van der Waals surface area (Å²) in [4.78, 5) is 0. The van der Waals surface area contributed by atoms with Crippen molar-refractivity contribution in [3.8, 4) is 0 Å². The fourth-order valence-corrected chi connectivity index (χ4v) is 6.93. The summed E-state index contributed by atoms with van der Waals surface area (Å²) in [5.41, 5.74) is 2.98. The molecule has 0 heterocycles. The zero-order valence-electron chi connectivity index (χ0n) is 22.6. The molecule has 0 spiro atoms. The van der Waals surface area contributed by atoms with E-state index in [1.54, 1.807) is 5.30 Å². The molecular weight excluding hydrogens is 522 g/mol. The molecule has 0 unspecified atom stereocenters. The summed E-state index contributed by atoms with van der Waals surface area (Å²) in [5, 5.41) is 4.53. The minimum Gasteiger partial charge on any atom is -1.00 e. The van der Waals surface area contributed by atoms with Crippen molar-refractivity contribution in [2.45, 2.75) is 98.3 Å². The van der Waals surface area contributed by atoms with Crippen LogP contribution >= 0.6 is 7.92 Å². The van der Waals surface area contributed by atoms with Gasteiger partial charge in [0.25, 0.3) is 0 Å². The molecule has 0 atom stereocenters. The van der Waals surface area contributed by atoms with E-state index in [4.69, 9.17) is 0 Å². The molecule has 0 nitrogen and oxygen atoms in total. The van der Waals surface area contributed by atoms with E-state index in [-0.39, 0.29) is 54.5 Å². The van der Waals surface area contributed by atoms with E-state index < -0.39 is 0 Å². The first-order chi connectivity index (χ1) is 15.7. The molecule has 4 heteroatoms. The van der Waals surface area contributed by atoms with Gasteiger partial charge in [0.1, 0.15) is 0 Å². The number of halogens is 2. The number of rotatable bonds is 14.